The first-order valence-corrected chi connectivity index (χ1v) is 2.94. The minimum absolute atomic E-state index is 0. The fraction of sp³-hybridized carbons (Fsp3) is 0.429. The van der Waals surface area contributed by atoms with Crippen LogP contribution in [0.2, 0.25) is 0 Å². The zero-order valence-corrected chi connectivity index (χ0v) is 5.31. The third-order valence-corrected chi connectivity index (χ3v) is 1.24. The van der Waals surface area contributed by atoms with Gasteiger partial charge in [0.1, 0.15) is 0 Å². The molecule has 0 aliphatic rings. The van der Waals surface area contributed by atoms with E-state index in [1.165, 1.54) is 5.69 Å². The maximum Gasteiger partial charge on any atom is 0.0173 e. The average molecular weight is 111 g/mol. The second-order valence-electron chi connectivity index (χ2n) is 2.28. The SMILES string of the molecule is CC(C)c1ccc[nH]1.[HH]. The molecule has 1 nitrogen and oxygen atoms in total. The summed E-state index contributed by atoms with van der Waals surface area (Å²) in [5.74, 6) is 0.630. The van der Waals surface area contributed by atoms with Crippen LogP contribution in [-0.4, -0.2) is 4.98 Å². The molecular weight excluding hydrogens is 98.1 g/mol. The highest BCUT2D eigenvalue weighted by atomic mass is 14.7. The Kier molecular flexibility index (Phi) is 1.38. The quantitative estimate of drug-likeness (QED) is 0.572. The molecule has 0 saturated carbocycles. The zero-order chi connectivity index (χ0) is 5.98. The normalized spacial score (nSPS) is 10.4. The van der Waals surface area contributed by atoms with Gasteiger partial charge in [-0.05, 0) is 18.1 Å². The van der Waals surface area contributed by atoms with Gasteiger partial charge in [0.2, 0.25) is 0 Å². The number of hydrogen-bond acceptors (Lipinski definition) is 0. The van der Waals surface area contributed by atoms with Crippen molar-refractivity contribution in [3.8, 4) is 0 Å². The van der Waals surface area contributed by atoms with Crippen LogP contribution in [0.3, 0.4) is 0 Å². The molecule has 0 aliphatic carbocycles. The molecule has 0 fully saturated rings. The van der Waals surface area contributed by atoms with Crippen molar-refractivity contribution >= 4 is 0 Å². The predicted molar refractivity (Wildman–Crippen MR) is 37.0 cm³/mol. The van der Waals surface area contributed by atoms with Gasteiger partial charge in [0.05, 0.1) is 0 Å². The van der Waals surface area contributed by atoms with E-state index in [-0.39, 0.29) is 1.43 Å². The second kappa shape index (κ2) is 2.03. The smallest absolute Gasteiger partial charge is 0.0173 e. The Bertz CT molecular complexity index is 144. The Hall–Kier alpha value is -0.720. The topological polar surface area (TPSA) is 15.8 Å². The van der Waals surface area contributed by atoms with E-state index in [0.717, 1.165) is 0 Å². The molecular formula is C7H13N. The largest absolute Gasteiger partial charge is 0.365 e. The summed E-state index contributed by atoms with van der Waals surface area (Å²) < 4.78 is 0. The predicted octanol–water partition coefficient (Wildman–Crippen LogP) is 2.38. The Balaban J connectivity index is 0.000000640. The third kappa shape index (κ3) is 0.915. The minimum atomic E-state index is 0. The number of hydrogen-bond donors (Lipinski definition) is 1. The summed E-state index contributed by atoms with van der Waals surface area (Å²) in [4.78, 5) is 3.14. The molecule has 0 bridgehead atoms. The van der Waals surface area contributed by atoms with Crippen molar-refractivity contribution in [2.24, 2.45) is 0 Å². The molecule has 0 radical (unpaired) electrons. The lowest BCUT2D eigenvalue weighted by molar-refractivity contribution is 0.833. The Morgan fingerprint density at radius 1 is 1.62 bits per heavy atom. The van der Waals surface area contributed by atoms with Crippen molar-refractivity contribution < 1.29 is 1.43 Å². The van der Waals surface area contributed by atoms with Crippen molar-refractivity contribution in [3.05, 3.63) is 24.0 Å². The molecule has 1 heterocycles. The first-order chi connectivity index (χ1) is 3.80. The van der Waals surface area contributed by atoms with Gasteiger partial charge in [-0.25, -0.2) is 0 Å². The maximum atomic E-state index is 3.14. The molecule has 1 N–H and O–H groups in total. The van der Waals surface area contributed by atoms with E-state index in [4.69, 9.17) is 0 Å². The van der Waals surface area contributed by atoms with Crippen LogP contribution >= 0.6 is 0 Å². The van der Waals surface area contributed by atoms with Gasteiger partial charge in [0.15, 0.2) is 0 Å². The van der Waals surface area contributed by atoms with Crippen LogP contribution in [0, 0.1) is 0 Å². The summed E-state index contributed by atoms with van der Waals surface area (Å²) in [5.41, 5.74) is 1.31. The number of H-pyrrole nitrogens is 1. The van der Waals surface area contributed by atoms with Crippen molar-refractivity contribution in [3.63, 3.8) is 0 Å². The molecule has 1 aromatic heterocycles. The first kappa shape index (κ1) is 5.42. The molecule has 1 heteroatoms. The Morgan fingerprint density at radius 3 is 2.62 bits per heavy atom. The molecule has 46 valence electrons. The first-order valence-electron chi connectivity index (χ1n) is 2.94. The number of aromatic nitrogens is 1. The minimum Gasteiger partial charge on any atom is -0.365 e. The molecule has 8 heavy (non-hydrogen) atoms. The van der Waals surface area contributed by atoms with Crippen LogP contribution in [0.5, 0.6) is 0 Å². The molecule has 0 aromatic carbocycles. The third-order valence-electron chi connectivity index (χ3n) is 1.24. The van der Waals surface area contributed by atoms with Crippen molar-refractivity contribution in [2.45, 2.75) is 19.8 Å². The van der Waals surface area contributed by atoms with Gasteiger partial charge in [-0.3, -0.25) is 0 Å². The van der Waals surface area contributed by atoms with Gasteiger partial charge in [-0.15, -0.1) is 0 Å². The molecule has 1 aromatic rings. The summed E-state index contributed by atoms with van der Waals surface area (Å²) in [6, 6.07) is 4.12. The van der Waals surface area contributed by atoms with Gasteiger partial charge >= 0.3 is 0 Å². The zero-order valence-electron chi connectivity index (χ0n) is 5.31. The monoisotopic (exact) mass is 111 g/mol. The fourth-order valence-electron chi connectivity index (χ4n) is 0.703. The molecule has 0 atom stereocenters. The number of nitrogens with one attached hydrogen (secondary N) is 1. The number of rotatable bonds is 1. The summed E-state index contributed by atoms with van der Waals surface area (Å²) in [6.07, 6.45) is 1.95. The summed E-state index contributed by atoms with van der Waals surface area (Å²) in [6.45, 7) is 4.34. The van der Waals surface area contributed by atoms with Gasteiger partial charge in [-0.2, -0.15) is 0 Å². The van der Waals surface area contributed by atoms with E-state index in [1.54, 1.807) is 0 Å². The molecule has 0 saturated heterocycles. The Labute approximate surface area is 51.2 Å². The maximum absolute atomic E-state index is 3.14. The molecule has 0 aliphatic heterocycles. The lowest BCUT2D eigenvalue weighted by Crippen LogP contribution is -1.83. The number of aromatic amines is 1. The van der Waals surface area contributed by atoms with Gasteiger partial charge in [0, 0.05) is 13.3 Å². The van der Waals surface area contributed by atoms with Crippen LogP contribution in [0.15, 0.2) is 18.3 Å². The lowest BCUT2D eigenvalue weighted by atomic mass is 10.1. The molecule has 0 spiro atoms. The molecule has 0 unspecified atom stereocenters. The van der Waals surface area contributed by atoms with Crippen LogP contribution in [0.1, 0.15) is 26.9 Å². The summed E-state index contributed by atoms with van der Waals surface area (Å²) in [5, 5.41) is 0. The van der Waals surface area contributed by atoms with E-state index in [9.17, 15) is 0 Å². The standard InChI is InChI=1S/C7H11N.H2/c1-6(2)7-4-3-5-8-7;/h3-6,8H,1-2H3;1H. The van der Waals surface area contributed by atoms with Crippen LogP contribution in [0.4, 0.5) is 0 Å². The van der Waals surface area contributed by atoms with Crippen molar-refractivity contribution in [2.75, 3.05) is 0 Å². The van der Waals surface area contributed by atoms with Crippen molar-refractivity contribution in [1.82, 2.24) is 4.98 Å². The summed E-state index contributed by atoms with van der Waals surface area (Å²) in [7, 11) is 0. The van der Waals surface area contributed by atoms with Gasteiger partial charge < -0.3 is 4.98 Å². The fourth-order valence-corrected chi connectivity index (χ4v) is 0.703. The van der Waals surface area contributed by atoms with Gasteiger partial charge in [0.25, 0.3) is 0 Å². The molecule has 1 rings (SSSR count). The summed E-state index contributed by atoms with van der Waals surface area (Å²) >= 11 is 0. The lowest BCUT2D eigenvalue weighted by Gasteiger charge is -1.97. The van der Waals surface area contributed by atoms with E-state index in [1.807, 2.05) is 12.3 Å². The van der Waals surface area contributed by atoms with Crippen LogP contribution < -0.4 is 0 Å². The van der Waals surface area contributed by atoms with E-state index < -0.39 is 0 Å². The van der Waals surface area contributed by atoms with Gasteiger partial charge in [-0.1, -0.05) is 13.8 Å². The van der Waals surface area contributed by atoms with E-state index >= 15 is 0 Å². The second-order valence-corrected chi connectivity index (χ2v) is 2.28. The Morgan fingerprint density at radius 2 is 2.38 bits per heavy atom. The van der Waals surface area contributed by atoms with Crippen molar-refractivity contribution in [1.29, 1.82) is 0 Å². The highest BCUT2D eigenvalue weighted by Gasteiger charge is 1.94. The van der Waals surface area contributed by atoms with Crippen LogP contribution in [0.25, 0.3) is 0 Å². The highest BCUT2D eigenvalue weighted by molar-refractivity contribution is 5.07. The highest BCUT2D eigenvalue weighted by Crippen LogP contribution is 2.09. The van der Waals surface area contributed by atoms with E-state index in [0.29, 0.717) is 5.92 Å². The van der Waals surface area contributed by atoms with E-state index in [2.05, 4.69) is 24.9 Å². The molecule has 0 amide bonds. The van der Waals surface area contributed by atoms with Crippen LogP contribution in [-0.2, 0) is 0 Å². The average Bonchev–Trinajstić information content (AvgIpc) is 2.12.